The van der Waals surface area contributed by atoms with Crippen molar-refractivity contribution < 1.29 is 24.2 Å². The molecule has 0 saturated heterocycles. The lowest BCUT2D eigenvalue weighted by Gasteiger charge is -2.18. The minimum Gasteiger partial charge on any atom is -0.477 e. The van der Waals surface area contributed by atoms with Gasteiger partial charge < -0.3 is 24.3 Å². The Kier molecular flexibility index (Phi) is 11.5. The zero-order chi connectivity index (χ0) is 38.0. The summed E-state index contributed by atoms with van der Waals surface area (Å²) in [5.41, 5.74) is 3.37. The number of fused-ring (bicyclic) bond motifs is 2. The quantitative estimate of drug-likeness (QED) is 0.158. The molecule has 1 atom stereocenters. The fourth-order valence-corrected chi connectivity index (χ4v) is 6.25. The van der Waals surface area contributed by atoms with Gasteiger partial charge in [0.25, 0.3) is 5.91 Å². The van der Waals surface area contributed by atoms with E-state index in [2.05, 4.69) is 5.32 Å². The molecule has 2 aromatic heterocycles. The smallest absolute Gasteiger partial charge is 0.341 e. The Hall–Kier alpha value is -7.07. The molecule has 270 valence electrons. The third-order valence-electron chi connectivity index (χ3n) is 8.92. The molecule has 2 heterocycles. The third-order valence-corrected chi connectivity index (χ3v) is 8.92. The highest BCUT2D eigenvalue weighted by Crippen LogP contribution is 2.16. The molecule has 10 nitrogen and oxygen atoms in total. The summed E-state index contributed by atoms with van der Waals surface area (Å²) in [6.07, 6.45) is 3.23. The molecule has 0 bridgehead atoms. The van der Waals surface area contributed by atoms with Gasteiger partial charge in [0.15, 0.2) is 0 Å². The summed E-state index contributed by atoms with van der Waals surface area (Å²) in [5, 5.41) is 12.8. The fraction of sp³-hybridized carbons (Fsp3) is 0.114. The first-order chi connectivity index (χ1) is 26.2. The normalized spacial score (nSPS) is 11.3. The number of carboxylic acids is 1. The number of ether oxygens (including phenoxy) is 1. The maximum absolute atomic E-state index is 13.2. The molecule has 0 aliphatic heterocycles. The van der Waals surface area contributed by atoms with E-state index in [0.717, 1.165) is 27.7 Å². The highest BCUT2D eigenvalue weighted by atomic mass is 16.5. The molecule has 1 amide bonds. The van der Waals surface area contributed by atoms with Crippen LogP contribution in [-0.2, 0) is 29.0 Å². The van der Waals surface area contributed by atoms with E-state index in [4.69, 9.17) is 4.74 Å². The number of nitrogens with one attached hydrogen (secondary N) is 1. The zero-order valence-electron chi connectivity index (χ0n) is 29.4. The molecule has 2 N–H and O–H groups in total. The first-order valence-corrected chi connectivity index (χ1v) is 17.2. The number of carbonyl (C=O) groups is 3. The van der Waals surface area contributed by atoms with Gasteiger partial charge in [-0.2, -0.15) is 0 Å². The van der Waals surface area contributed by atoms with Crippen LogP contribution in [0.5, 0.6) is 0 Å². The average molecular weight is 720 g/mol. The Morgan fingerprint density at radius 2 is 1.00 bits per heavy atom. The van der Waals surface area contributed by atoms with E-state index < -0.39 is 29.3 Å². The summed E-state index contributed by atoms with van der Waals surface area (Å²) in [6, 6.07) is 42.2. The molecule has 54 heavy (non-hydrogen) atoms. The largest absolute Gasteiger partial charge is 0.477 e. The summed E-state index contributed by atoms with van der Waals surface area (Å²) in [6.45, 7) is 1.01. The summed E-state index contributed by atoms with van der Waals surface area (Å²) in [7, 11) is 1.27. The molecule has 0 fully saturated rings. The zero-order valence-corrected chi connectivity index (χ0v) is 29.4. The molecule has 0 spiro atoms. The van der Waals surface area contributed by atoms with Crippen LogP contribution in [0.1, 0.15) is 37.4 Å². The number of pyridine rings is 2. The summed E-state index contributed by atoms with van der Waals surface area (Å²) < 4.78 is 8.57. The number of para-hydroxylation sites is 2. The summed E-state index contributed by atoms with van der Waals surface area (Å²) >= 11 is 0. The third kappa shape index (κ3) is 8.51. The number of amides is 1. The van der Waals surface area contributed by atoms with Crippen LogP contribution >= 0.6 is 0 Å². The van der Waals surface area contributed by atoms with Crippen molar-refractivity contribution in [2.75, 3.05) is 7.11 Å². The Labute approximate surface area is 310 Å². The first kappa shape index (κ1) is 36.7. The van der Waals surface area contributed by atoms with Gasteiger partial charge in [-0.1, -0.05) is 115 Å². The molecule has 0 saturated carbocycles. The summed E-state index contributed by atoms with van der Waals surface area (Å²) in [5.74, 6) is -2.39. The highest BCUT2D eigenvalue weighted by molar-refractivity contribution is 5.99. The molecular formula is C44H37N3O7. The van der Waals surface area contributed by atoms with E-state index in [1.54, 1.807) is 35.0 Å². The van der Waals surface area contributed by atoms with Crippen LogP contribution in [0, 0.1) is 0 Å². The number of carboxylic acid groups (broad SMARTS) is 1. The predicted octanol–water partition coefficient (Wildman–Crippen LogP) is 6.31. The van der Waals surface area contributed by atoms with Gasteiger partial charge in [-0.25, -0.2) is 9.59 Å². The number of esters is 1. The molecule has 0 unspecified atom stereocenters. The SMILES string of the molecule is COC(=O)[C@H](Cc1ccccc1)NC(=O)c1cn(Cc2ccccc2)c2ccccc2c1=O.O=C(O)c1cn(Cc2ccccc2)c2ccccc2c1=O. The van der Waals surface area contributed by atoms with Crippen LogP contribution in [0.15, 0.2) is 162 Å². The molecule has 0 aliphatic rings. The van der Waals surface area contributed by atoms with Gasteiger partial charge in [-0.15, -0.1) is 0 Å². The second-order valence-corrected chi connectivity index (χ2v) is 12.5. The van der Waals surface area contributed by atoms with Crippen molar-refractivity contribution in [2.45, 2.75) is 25.6 Å². The molecule has 7 rings (SSSR count). The van der Waals surface area contributed by atoms with Gasteiger partial charge in [0, 0.05) is 42.7 Å². The van der Waals surface area contributed by atoms with Gasteiger partial charge in [-0.3, -0.25) is 14.4 Å². The first-order valence-electron chi connectivity index (χ1n) is 17.2. The molecule has 5 aromatic carbocycles. The van der Waals surface area contributed by atoms with Crippen LogP contribution in [0.25, 0.3) is 21.8 Å². The number of aromatic carboxylic acids is 1. The van der Waals surface area contributed by atoms with Crippen molar-refractivity contribution in [3.05, 3.63) is 200 Å². The average Bonchev–Trinajstić information content (AvgIpc) is 3.20. The number of hydrogen-bond donors (Lipinski definition) is 2. The van der Waals surface area contributed by atoms with Gasteiger partial charge in [0.05, 0.1) is 18.1 Å². The van der Waals surface area contributed by atoms with Crippen molar-refractivity contribution in [1.82, 2.24) is 14.5 Å². The van der Waals surface area contributed by atoms with Crippen LogP contribution < -0.4 is 16.2 Å². The lowest BCUT2D eigenvalue weighted by molar-refractivity contribution is -0.142. The number of carbonyl (C=O) groups excluding carboxylic acids is 2. The molecule has 0 aliphatic carbocycles. The van der Waals surface area contributed by atoms with E-state index in [0.29, 0.717) is 23.9 Å². The Balaban J connectivity index is 0.000000203. The topological polar surface area (TPSA) is 137 Å². The number of rotatable bonds is 10. The Morgan fingerprint density at radius 3 is 1.46 bits per heavy atom. The van der Waals surface area contributed by atoms with Crippen molar-refractivity contribution in [1.29, 1.82) is 0 Å². The number of aromatic nitrogens is 2. The van der Waals surface area contributed by atoms with Crippen molar-refractivity contribution >= 4 is 39.7 Å². The lowest BCUT2D eigenvalue weighted by Crippen LogP contribution is -2.44. The second-order valence-electron chi connectivity index (χ2n) is 12.5. The Bertz CT molecular complexity index is 2550. The van der Waals surface area contributed by atoms with Crippen LogP contribution in [-0.4, -0.2) is 45.2 Å². The monoisotopic (exact) mass is 719 g/mol. The molecule has 10 heteroatoms. The number of nitrogens with zero attached hydrogens (tertiary/aromatic N) is 2. The van der Waals surface area contributed by atoms with Crippen molar-refractivity contribution in [3.8, 4) is 0 Å². The Morgan fingerprint density at radius 1 is 0.593 bits per heavy atom. The van der Waals surface area contributed by atoms with Crippen molar-refractivity contribution in [3.63, 3.8) is 0 Å². The molecule has 0 radical (unpaired) electrons. The van der Waals surface area contributed by atoms with Crippen LogP contribution in [0.2, 0.25) is 0 Å². The minimum atomic E-state index is -1.20. The number of methoxy groups -OCH3 is 1. The fourth-order valence-electron chi connectivity index (χ4n) is 6.25. The van der Waals surface area contributed by atoms with Crippen molar-refractivity contribution in [2.24, 2.45) is 0 Å². The highest BCUT2D eigenvalue weighted by Gasteiger charge is 2.25. The van der Waals surface area contributed by atoms with Gasteiger partial charge in [0.1, 0.15) is 17.2 Å². The van der Waals surface area contributed by atoms with E-state index in [9.17, 15) is 29.1 Å². The number of hydrogen-bond acceptors (Lipinski definition) is 6. The molecular weight excluding hydrogens is 682 g/mol. The second kappa shape index (κ2) is 17.0. The standard InChI is InChI=1S/C27H24N2O4.C17H13NO3/c1-33-27(32)23(16-19-10-4-2-5-11-19)28-26(31)22-18-29(17-20-12-6-3-7-13-20)24-15-9-8-14-21(24)25(22)30;19-16-13-8-4-5-9-15(13)18(11-14(16)17(20)21)10-12-6-2-1-3-7-12/h2-15,18,23H,16-17H2,1H3,(H,28,31);1-9,11H,10H2,(H,20,21)/t23-;/m0./s1. The maximum Gasteiger partial charge on any atom is 0.341 e. The van der Waals surface area contributed by atoms with Crippen LogP contribution in [0.3, 0.4) is 0 Å². The molecule has 7 aromatic rings. The van der Waals surface area contributed by atoms with Gasteiger partial charge in [0.2, 0.25) is 10.9 Å². The lowest BCUT2D eigenvalue weighted by atomic mass is 10.0. The predicted molar refractivity (Wildman–Crippen MR) is 208 cm³/mol. The summed E-state index contributed by atoms with van der Waals surface area (Å²) in [4.78, 5) is 62.2. The van der Waals surface area contributed by atoms with E-state index in [-0.39, 0.29) is 23.0 Å². The van der Waals surface area contributed by atoms with E-state index in [1.807, 2.05) is 120 Å². The van der Waals surface area contributed by atoms with E-state index >= 15 is 0 Å². The number of benzene rings is 5. The maximum atomic E-state index is 13.2. The van der Waals surface area contributed by atoms with Gasteiger partial charge in [-0.05, 0) is 41.0 Å². The van der Waals surface area contributed by atoms with Crippen LogP contribution in [0.4, 0.5) is 0 Å². The van der Waals surface area contributed by atoms with Gasteiger partial charge >= 0.3 is 11.9 Å². The van der Waals surface area contributed by atoms with E-state index in [1.165, 1.54) is 13.3 Å². The minimum absolute atomic E-state index is 0.0217.